The summed E-state index contributed by atoms with van der Waals surface area (Å²) < 4.78 is 32.4. The molecule has 1 saturated heterocycles. The predicted octanol–water partition coefficient (Wildman–Crippen LogP) is 1.66. The average molecular weight is 318 g/mol. The fourth-order valence-electron chi connectivity index (χ4n) is 2.12. The Morgan fingerprint density at radius 3 is 3.05 bits per heavy atom. The Kier molecular flexibility index (Phi) is 5.57. The number of hydrogen-bond acceptors (Lipinski definition) is 5. The molecule has 1 fully saturated rings. The van der Waals surface area contributed by atoms with E-state index in [-0.39, 0.29) is 6.10 Å². The van der Waals surface area contributed by atoms with Gasteiger partial charge < -0.3 is 10.1 Å². The van der Waals surface area contributed by atoms with Crippen molar-refractivity contribution in [3.05, 3.63) is 17.0 Å². The van der Waals surface area contributed by atoms with E-state index in [1.807, 2.05) is 12.3 Å². The van der Waals surface area contributed by atoms with Crippen LogP contribution in [0.1, 0.15) is 25.8 Å². The van der Waals surface area contributed by atoms with E-state index in [1.165, 1.54) is 15.6 Å². The van der Waals surface area contributed by atoms with Gasteiger partial charge in [-0.2, -0.15) is 4.31 Å². The van der Waals surface area contributed by atoms with Crippen LogP contribution in [0.4, 0.5) is 0 Å². The van der Waals surface area contributed by atoms with E-state index in [0.717, 1.165) is 25.1 Å². The first-order valence-corrected chi connectivity index (χ1v) is 9.26. The van der Waals surface area contributed by atoms with Gasteiger partial charge in [-0.25, -0.2) is 8.42 Å². The number of ether oxygens (including phenoxy) is 1. The highest BCUT2D eigenvalue weighted by atomic mass is 32.2. The van der Waals surface area contributed by atoms with Crippen LogP contribution in [-0.2, 0) is 21.3 Å². The highest BCUT2D eigenvalue weighted by Gasteiger charge is 2.30. The minimum absolute atomic E-state index is 0.0378. The Labute approximate surface area is 125 Å². The molecule has 0 saturated carbocycles. The third-order valence-corrected chi connectivity index (χ3v) is 6.51. The van der Waals surface area contributed by atoms with Gasteiger partial charge in [0.15, 0.2) is 0 Å². The van der Waals surface area contributed by atoms with Crippen molar-refractivity contribution in [2.24, 2.45) is 0 Å². The molecule has 0 aliphatic carbocycles. The molecule has 0 bridgehead atoms. The molecule has 114 valence electrons. The number of sulfonamides is 1. The smallest absolute Gasteiger partial charge is 0.252 e. The highest BCUT2D eigenvalue weighted by molar-refractivity contribution is 7.91. The molecule has 1 aromatic rings. The third kappa shape index (κ3) is 3.79. The van der Waals surface area contributed by atoms with Gasteiger partial charge in [-0.15, -0.1) is 11.3 Å². The van der Waals surface area contributed by atoms with Gasteiger partial charge in [0.05, 0.1) is 12.7 Å². The number of thiophene rings is 1. The first kappa shape index (κ1) is 15.9. The van der Waals surface area contributed by atoms with Gasteiger partial charge in [0.2, 0.25) is 0 Å². The number of nitrogens with zero attached hydrogens (tertiary/aromatic N) is 1. The molecule has 0 radical (unpaired) electrons. The van der Waals surface area contributed by atoms with Crippen LogP contribution in [0.3, 0.4) is 0 Å². The molecule has 2 rings (SSSR count). The lowest BCUT2D eigenvalue weighted by atomic mass is 10.3. The molecular weight excluding hydrogens is 296 g/mol. The first-order valence-electron chi connectivity index (χ1n) is 6.94. The lowest BCUT2D eigenvalue weighted by Crippen LogP contribution is -2.44. The summed E-state index contributed by atoms with van der Waals surface area (Å²) >= 11 is 1.30. The second-order valence-corrected chi connectivity index (χ2v) is 8.07. The lowest BCUT2D eigenvalue weighted by molar-refractivity contribution is 0.0102. The van der Waals surface area contributed by atoms with Crippen molar-refractivity contribution in [1.29, 1.82) is 0 Å². The predicted molar refractivity (Wildman–Crippen MR) is 80.5 cm³/mol. The molecule has 0 amide bonds. The summed E-state index contributed by atoms with van der Waals surface area (Å²) in [4.78, 5) is 0. The fraction of sp³-hybridized carbons (Fsp3) is 0.692. The minimum atomic E-state index is -3.36. The van der Waals surface area contributed by atoms with Crippen LogP contribution in [0.5, 0.6) is 0 Å². The molecule has 7 heteroatoms. The fourth-order valence-corrected chi connectivity index (χ4v) is 4.98. The topological polar surface area (TPSA) is 58.6 Å². The second kappa shape index (κ2) is 7.00. The van der Waals surface area contributed by atoms with Crippen molar-refractivity contribution in [3.63, 3.8) is 0 Å². The summed E-state index contributed by atoms with van der Waals surface area (Å²) in [5.74, 6) is 0. The van der Waals surface area contributed by atoms with Gasteiger partial charge in [-0.3, -0.25) is 0 Å². The Morgan fingerprint density at radius 1 is 1.55 bits per heavy atom. The highest BCUT2D eigenvalue weighted by Crippen LogP contribution is 2.25. The zero-order chi connectivity index (χ0) is 14.6. The Balaban J connectivity index is 2.05. The second-order valence-electron chi connectivity index (χ2n) is 5.00. The van der Waals surface area contributed by atoms with E-state index in [0.29, 0.717) is 23.9 Å². The molecule has 5 nitrogen and oxygen atoms in total. The minimum Gasteiger partial charge on any atom is -0.376 e. The van der Waals surface area contributed by atoms with Crippen molar-refractivity contribution in [1.82, 2.24) is 9.62 Å². The van der Waals surface area contributed by atoms with Crippen molar-refractivity contribution in [2.75, 3.05) is 26.2 Å². The summed E-state index contributed by atoms with van der Waals surface area (Å²) in [5, 5.41) is 5.20. The van der Waals surface area contributed by atoms with Crippen molar-refractivity contribution < 1.29 is 13.2 Å². The Bertz CT molecular complexity index is 527. The van der Waals surface area contributed by atoms with Crippen molar-refractivity contribution in [3.8, 4) is 0 Å². The molecule has 1 aliphatic rings. The molecule has 1 aliphatic heterocycles. The largest absolute Gasteiger partial charge is 0.376 e. The van der Waals surface area contributed by atoms with E-state index in [4.69, 9.17) is 4.74 Å². The van der Waals surface area contributed by atoms with Crippen LogP contribution in [0, 0.1) is 0 Å². The molecule has 1 atom stereocenters. The van der Waals surface area contributed by atoms with Crippen LogP contribution in [-0.4, -0.2) is 45.1 Å². The molecule has 1 N–H and O–H groups in total. The number of hydrogen-bond donors (Lipinski definition) is 1. The summed E-state index contributed by atoms with van der Waals surface area (Å²) in [6.07, 6.45) is 1.03. The van der Waals surface area contributed by atoms with Crippen LogP contribution in [0.25, 0.3) is 0 Å². The molecule has 1 aromatic heterocycles. The van der Waals surface area contributed by atoms with E-state index >= 15 is 0 Å². The quantitative estimate of drug-likeness (QED) is 0.811. The molecule has 0 spiro atoms. The Hall–Kier alpha value is -0.470. The third-order valence-electron chi connectivity index (χ3n) is 3.18. The maximum Gasteiger partial charge on any atom is 0.252 e. The van der Waals surface area contributed by atoms with Crippen LogP contribution >= 0.6 is 11.3 Å². The standard InChI is InChI=1S/C13H22N2O3S2/c1-3-4-14-8-12-7-13(19-10-12)20(16,17)15-5-6-18-11(2)9-15/h7,10-11,14H,3-6,8-9H2,1-2H3. The zero-order valence-corrected chi connectivity index (χ0v) is 13.6. The number of nitrogens with one attached hydrogen (secondary N) is 1. The number of morpholine rings is 1. The van der Waals surface area contributed by atoms with Crippen LogP contribution < -0.4 is 5.32 Å². The van der Waals surface area contributed by atoms with E-state index < -0.39 is 10.0 Å². The average Bonchev–Trinajstić information content (AvgIpc) is 2.88. The summed E-state index contributed by atoms with van der Waals surface area (Å²) in [6.45, 7) is 7.01. The van der Waals surface area contributed by atoms with E-state index in [2.05, 4.69) is 12.2 Å². The van der Waals surface area contributed by atoms with Gasteiger partial charge >= 0.3 is 0 Å². The van der Waals surface area contributed by atoms with Gasteiger partial charge in [-0.05, 0) is 36.9 Å². The lowest BCUT2D eigenvalue weighted by Gasteiger charge is -2.29. The van der Waals surface area contributed by atoms with Crippen molar-refractivity contribution >= 4 is 21.4 Å². The van der Waals surface area contributed by atoms with E-state index in [1.54, 1.807) is 6.07 Å². The Morgan fingerprint density at radius 2 is 2.35 bits per heavy atom. The van der Waals surface area contributed by atoms with Gasteiger partial charge in [0, 0.05) is 19.6 Å². The normalized spacial score (nSPS) is 21.2. The summed E-state index contributed by atoms with van der Waals surface area (Å²) in [6, 6.07) is 1.78. The zero-order valence-electron chi connectivity index (χ0n) is 12.0. The molecular formula is C13H22N2O3S2. The summed E-state index contributed by atoms with van der Waals surface area (Å²) in [7, 11) is -3.36. The van der Waals surface area contributed by atoms with E-state index in [9.17, 15) is 8.42 Å². The molecule has 20 heavy (non-hydrogen) atoms. The van der Waals surface area contributed by atoms with Gasteiger partial charge in [0.25, 0.3) is 10.0 Å². The molecule has 0 aromatic carbocycles. The van der Waals surface area contributed by atoms with Crippen LogP contribution in [0.2, 0.25) is 0 Å². The maximum atomic E-state index is 12.5. The summed E-state index contributed by atoms with van der Waals surface area (Å²) in [5.41, 5.74) is 1.03. The monoisotopic (exact) mass is 318 g/mol. The maximum absolute atomic E-state index is 12.5. The van der Waals surface area contributed by atoms with Crippen LogP contribution in [0.15, 0.2) is 15.7 Å². The van der Waals surface area contributed by atoms with Crippen molar-refractivity contribution in [2.45, 2.75) is 37.1 Å². The number of rotatable bonds is 6. The van der Waals surface area contributed by atoms with Gasteiger partial charge in [-0.1, -0.05) is 6.92 Å². The first-order chi connectivity index (χ1) is 9.54. The molecule has 2 heterocycles. The SMILES string of the molecule is CCCNCc1csc(S(=O)(=O)N2CCOC(C)C2)c1. The molecule has 1 unspecified atom stereocenters. The van der Waals surface area contributed by atoms with Gasteiger partial charge in [0.1, 0.15) is 4.21 Å².